The lowest BCUT2D eigenvalue weighted by Gasteiger charge is -2.35. The van der Waals surface area contributed by atoms with E-state index in [1.807, 2.05) is 0 Å². The van der Waals surface area contributed by atoms with E-state index in [-0.39, 0.29) is 0 Å². The second-order valence-electron chi connectivity index (χ2n) is 6.16. The lowest BCUT2D eigenvalue weighted by molar-refractivity contribution is 0.152. The third-order valence-electron chi connectivity index (χ3n) is 4.13. The molecule has 1 N–H and O–H groups in total. The minimum atomic E-state index is 0.769. The fourth-order valence-electron chi connectivity index (χ4n) is 2.91. The summed E-state index contributed by atoms with van der Waals surface area (Å²) in [5.74, 6) is 1.73. The van der Waals surface area contributed by atoms with Crippen LogP contribution in [-0.2, 0) is 0 Å². The van der Waals surface area contributed by atoms with Crippen LogP contribution in [0.1, 0.15) is 52.9 Å². The smallest absolute Gasteiger partial charge is 0.00925 e. The normalized spacial score (nSPS) is 27.4. The Kier molecular flexibility index (Phi) is 7.14. The van der Waals surface area contributed by atoms with E-state index in [0.29, 0.717) is 0 Å². The van der Waals surface area contributed by atoms with E-state index >= 15 is 0 Å². The summed E-state index contributed by atoms with van der Waals surface area (Å²) in [6, 6.07) is 0.847. The molecule has 1 unspecified atom stereocenters. The standard InChI is InChI=1S/C15H32N2/c1-5-10-16-11-14(3)12-17(4)15-8-6-13(2)7-9-15/h13-16H,5-12H2,1-4H3. The van der Waals surface area contributed by atoms with Gasteiger partial charge in [-0.2, -0.15) is 0 Å². The first-order valence-electron chi connectivity index (χ1n) is 7.54. The summed E-state index contributed by atoms with van der Waals surface area (Å²) in [7, 11) is 2.32. The average Bonchev–Trinajstić information content (AvgIpc) is 2.30. The molecule has 102 valence electrons. The minimum Gasteiger partial charge on any atom is -0.316 e. The molecule has 0 aromatic carbocycles. The Morgan fingerprint density at radius 2 is 1.88 bits per heavy atom. The largest absolute Gasteiger partial charge is 0.316 e. The zero-order valence-corrected chi connectivity index (χ0v) is 12.3. The average molecular weight is 240 g/mol. The molecule has 17 heavy (non-hydrogen) atoms. The molecule has 2 heteroatoms. The molecule has 0 aromatic heterocycles. The van der Waals surface area contributed by atoms with Gasteiger partial charge in [0.25, 0.3) is 0 Å². The van der Waals surface area contributed by atoms with E-state index in [2.05, 4.69) is 38.0 Å². The summed E-state index contributed by atoms with van der Waals surface area (Å²) in [6.07, 6.45) is 6.91. The van der Waals surface area contributed by atoms with Gasteiger partial charge < -0.3 is 10.2 Å². The Labute approximate surface area is 108 Å². The van der Waals surface area contributed by atoms with Crippen LogP contribution in [0.3, 0.4) is 0 Å². The van der Waals surface area contributed by atoms with E-state index in [0.717, 1.165) is 24.4 Å². The van der Waals surface area contributed by atoms with Crippen molar-refractivity contribution in [2.24, 2.45) is 11.8 Å². The van der Waals surface area contributed by atoms with E-state index in [9.17, 15) is 0 Å². The Morgan fingerprint density at radius 3 is 2.47 bits per heavy atom. The molecule has 0 spiro atoms. The molecule has 1 saturated carbocycles. The monoisotopic (exact) mass is 240 g/mol. The Balaban J connectivity index is 2.16. The molecule has 0 amide bonds. The molecule has 0 bridgehead atoms. The Bertz CT molecular complexity index is 185. The zero-order valence-electron chi connectivity index (χ0n) is 12.3. The van der Waals surface area contributed by atoms with Gasteiger partial charge in [-0.25, -0.2) is 0 Å². The van der Waals surface area contributed by atoms with Crippen LogP contribution < -0.4 is 5.32 Å². The van der Waals surface area contributed by atoms with Crippen molar-refractivity contribution in [1.29, 1.82) is 0 Å². The molecule has 0 aromatic rings. The summed E-state index contributed by atoms with van der Waals surface area (Å²) in [5.41, 5.74) is 0. The quantitative estimate of drug-likeness (QED) is 0.688. The highest BCUT2D eigenvalue weighted by molar-refractivity contribution is 4.77. The molecule has 2 nitrogen and oxygen atoms in total. The lowest BCUT2D eigenvalue weighted by atomic mass is 9.86. The predicted molar refractivity (Wildman–Crippen MR) is 76.4 cm³/mol. The molecule has 0 aliphatic heterocycles. The van der Waals surface area contributed by atoms with E-state index in [1.165, 1.54) is 45.2 Å². The first kappa shape index (κ1) is 15.0. The van der Waals surface area contributed by atoms with Gasteiger partial charge in [0, 0.05) is 12.6 Å². The van der Waals surface area contributed by atoms with Crippen molar-refractivity contribution < 1.29 is 0 Å². The second-order valence-corrected chi connectivity index (χ2v) is 6.16. The van der Waals surface area contributed by atoms with Crippen LogP contribution in [-0.4, -0.2) is 37.6 Å². The second kappa shape index (κ2) is 8.10. The molecule has 1 atom stereocenters. The van der Waals surface area contributed by atoms with Gasteiger partial charge in [0.05, 0.1) is 0 Å². The van der Waals surface area contributed by atoms with Gasteiger partial charge >= 0.3 is 0 Å². The number of hydrogen-bond donors (Lipinski definition) is 1. The fraction of sp³-hybridized carbons (Fsp3) is 1.00. The van der Waals surface area contributed by atoms with Crippen LogP contribution in [0.25, 0.3) is 0 Å². The summed E-state index contributed by atoms with van der Waals surface area (Å²) >= 11 is 0. The summed E-state index contributed by atoms with van der Waals surface area (Å²) in [5, 5.41) is 3.52. The van der Waals surface area contributed by atoms with Crippen molar-refractivity contribution in [2.45, 2.75) is 58.9 Å². The Morgan fingerprint density at radius 1 is 1.24 bits per heavy atom. The maximum absolute atomic E-state index is 3.52. The highest BCUT2D eigenvalue weighted by Gasteiger charge is 2.22. The Hall–Kier alpha value is -0.0800. The van der Waals surface area contributed by atoms with Gasteiger partial charge in [0.1, 0.15) is 0 Å². The van der Waals surface area contributed by atoms with Crippen LogP contribution >= 0.6 is 0 Å². The minimum absolute atomic E-state index is 0.769. The van der Waals surface area contributed by atoms with Crippen molar-refractivity contribution >= 4 is 0 Å². The molecule has 1 rings (SSSR count). The first-order valence-corrected chi connectivity index (χ1v) is 7.54. The van der Waals surface area contributed by atoms with Gasteiger partial charge in [-0.15, -0.1) is 0 Å². The van der Waals surface area contributed by atoms with E-state index in [1.54, 1.807) is 0 Å². The van der Waals surface area contributed by atoms with Crippen molar-refractivity contribution in [3.05, 3.63) is 0 Å². The fourth-order valence-corrected chi connectivity index (χ4v) is 2.91. The molecule has 1 fully saturated rings. The first-order chi connectivity index (χ1) is 8.13. The maximum Gasteiger partial charge on any atom is 0.00925 e. The van der Waals surface area contributed by atoms with Gasteiger partial charge in [-0.1, -0.05) is 20.8 Å². The number of nitrogens with one attached hydrogen (secondary N) is 1. The van der Waals surface area contributed by atoms with Crippen LogP contribution in [0.4, 0.5) is 0 Å². The molecule has 0 heterocycles. The third kappa shape index (κ3) is 5.87. The van der Waals surface area contributed by atoms with Crippen molar-refractivity contribution in [3.8, 4) is 0 Å². The molecule has 0 radical (unpaired) electrons. The van der Waals surface area contributed by atoms with Crippen LogP contribution in [0, 0.1) is 11.8 Å². The van der Waals surface area contributed by atoms with E-state index in [4.69, 9.17) is 0 Å². The molecular weight excluding hydrogens is 208 g/mol. The molecule has 1 aliphatic rings. The lowest BCUT2D eigenvalue weighted by Crippen LogP contribution is -2.39. The van der Waals surface area contributed by atoms with Crippen LogP contribution in [0.5, 0.6) is 0 Å². The molecular formula is C15H32N2. The number of hydrogen-bond acceptors (Lipinski definition) is 2. The molecule has 0 saturated heterocycles. The van der Waals surface area contributed by atoms with Gasteiger partial charge in [-0.3, -0.25) is 0 Å². The SMILES string of the molecule is CCCNCC(C)CN(C)C1CCC(C)CC1. The van der Waals surface area contributed by atoms with Gasteiger partial charge in [-0.05, 0) is 64.1 Å². The summed E-state index contributed by atoms with van der Waals surface area (Å²) in [4.78, 5) is 2.60. The van der Waals surface area contributed by atoms with Crippen LogP contribution in [0.15, 0.2) is 0 Å². The highest BCUT2D eigenvalue weighted by Crippen LogP contribution is 2.26. The predicted octanol–water partition coefficient (Wildman–Crippen LogP) is 3.13. The highest BCUT2D eigenvalue weighted by atomic mass is 15.1. The summed E-state index contributed by atoms with van der Waals surface area (Å²) in [6.45, 7) is 10.6. The summed E-state index contributed by atoms with van der Waals surface area (Å²) < 4.78 is 0. The van der Waals surface area contributed by atoms with Gasteiger partial charge in [0.15, 0.2) is 0 Å². The topological polar surface area (TPSA) is 15.3 Å². The number of nitrogens with zero attached hydrogens (tertiary/aromatic N) is 1. The number of rotatable bonds is 7. The van der Waals surface area contributed by atoms with Crippen LogP contribution in [0.2, 0.25) is 0 Å². The molecule has 1 aliphatic carbocycles. The third-order valence-corrected chi connectivity index (χ3v) is 4.13. The van der Waals surface area contributed by atoms with E-state index < -0.39 is 0 Å². The maximum atomic E-state index is 3.52. The zero-order chi connectivity index (χ0) is 12.7. The van der Waals surface area contributed by atoms with Gasteiger partial charge in [0.2, 0.25) is 0 Å². The van der Waals surface area contributed by atoms with Crippen molar-refractivity contribution in [2.75, 3.05) is 26.7 Å². The van der Waals surface area contributed by atoms with Crippen molar-refractivity contribution in [3.63, 3.8) is 0 Å². The van der Waals surface area contributed by atoms with Crippen molar-refractivity contribution in [1.82, 2.24) is 10.2 Å².